The van der Waals surface area contributed by atoms with Gasteiger partial charge in [-0.15, -0.1) is 0 Å². The zero-order chi connectivity index (χ0) is 42.4. The Bertz CT molecular complexity index is 3810. The van der Waals surface area contributed by atoms with Gasteiger partial charge in [-0.3, -0.25) is 0 Å². The summed E-state index contributed by atoms with van der Waals surface area (Å²) in [4.78, 5) is 0. The van der Waals surface area contributed by atoms with Gasteiger partial charge < -0.3 is 8.83 Å². The quantitative estimate of drug-likeness (QED) is 0.173. The van der Waals surface area contributed by atoms with Crippen molar-refractivity contribution in [3.63, 3.8) is 0 Å². The second-order valence-corrected chi connectivity index (χ2v) is 17.3. The average molecular weight is 807 g/mol. The van der Waals surface area contributed by atoms with Crippen LogP contribution < -0.4 is 0 Å². The van der Waals surface area contributed by atoms with Gasteiger partial charge in [-0.1, -0.05) is 179 Å². The summed E-state index contributed by atoms with van der Waals surface area (Å²) >= 11 is 0. The zero-order valence-corrected chi connectivity index (χ0v) is 35.2. The summed E-state index contributed by atoms with van der Waals surface area (Å²) in [6.07, 6.45) is 1.91. The van der Waals surface area contributed by atoms with Crippen molar-refractivity contribution in [1.29, 1.82) is 0 Å². The molecule has 0 saturated carbocycles. The van der Waals surface area contributed by atoms with E-state index in [9.17, 15) is 0 Å². The van der Waals surface area contributed by atoms with Crippen LogP contribution >= 0.6 is 0 Å². The van der Waals surface area contributed by atoms with E-state index >= 15 is 0 Å². The third-order valence-electron chi connectivity index (χ3n) is 13.5. The Morgan fingerprint density at radius 2 is 1.00 bits per heavy atom. The molecule has 9 aromatic carbocycles. The van der Waals surface area contributed by atoms with Crippen LogP contribution in [-0.2, 0) is 5.41 Å². The van der Waals surface area contributed by atoms with Crippen LogP contribution in [0.4, 0.5) is 0 Å². The van der Waals surface area contributed by atoms with E-state index in [0.29, 0.717) is 0 Å². The maximum absolute atomic E-state index is 6.69. The number of hydrogen-bond donors (Lipinski definition) is 0. The number of furan rings is 2. The minimum Gasteiger partial charge on any atom is -0.455 e. The van der Waals surface area contributed by atoms with Crippen molar-refractivity contribution in [2.45, 2.75) is 19.3 Å². The Morgan fingerprint density at radius 3 is 1.76 bits per heavy atom. The van der Waals surface area contributed by atoms with E-state index in [-0.39, 0.29) is 5.41 Å². The van der Waals surface area contributed by atoms with Gasteiger partial charge in [-0.05, 0) is 125 Å². The van der Waals surface area contributed by atoms with Crippen molar-refractivity contribution in [3.05, 3.63) is 229 Å². The summed E-state index contributed by atoms with van der Waals surface area (Å²) in [5.74, 6) is 0. The molecule has 0 N–H and O–H groups in total. The molecule has 298 valence electrons. The van der Waals surface area contributed by atoms with Gasteiger partial charge in [0.15, 0.2) is 0 Å². The van der Waals surface area contributed by atoms with Crippen molar-refractivity contribution in [2.24, 2.45) is 0 Å². The van der Waals surface area contributed by atoms with E-state index in [1.54, 1.807) is 0 Å². The molecular weight excluding hydrogens is 765 g/mol. The molecule has 0 aliphatic heterocycles. The summed E-state index contributed by atoms with van der Waals surface area (Å²) in [7, 11) is 0. The first kappa shape index (κ1) is 36.9. The molecule has 2 aromatic heterocycles. The number of rotatable bonds is 5. The Labute approximate surface area is 366 Å². The SMILES string of the molecule is C=Cc1ccccc1C(=C)c1ccccccc(-c2ccc3c(c2)C(C)(C)c2cc(-c4ccc5oc6c(ccc7ccc8c9ccccc9oc8c76)c5c4)ccc2-3)c2ccccc12. The Kier molecular flexibility index (Phi) is 8.23. The van der Waals surface area contributed by atoms with Gasteiger partial charge in [0.05, 0.1) is 5.39 Å². The lowest BCUT2D eigenvalue weighted by atomic mass is 9.80. The molecule has 0 atom stereocenters. The number of hydrogen-bond acceptors (Lipinski definition) is 2. The van der Waals surface area contributed by atoms with Crippen LogP contribution in [0.15, 0.2) is 210 Å². The molecular formula is C61H42O2. The van der Waals surface area contributed by atoms with Crippen LogP contribution in [-0.4, -0.2) is 0 Å². The highest BCUT2D eigenvalue weighted by Crippen LogP contribution is 2.51. The molecule has 0 unspecified atom stereocenters. The molecule has 0 amide bonds. The first-order valence-electron chi connectivity index (χ1n) is 21.6. The molecule has 1 aliphatic carbocycles. The molecule has 2 heteroatoms. The summed E-state index contributed by atoms with van der Waals surface area (Å²) in [5, 5.41) is 8.82. The highest BCUT2D eigenvalue weighted by atomic mass is 16.3. The first-order valence-corrected chi connectivity index (χ1v) is 21.6. The molecule has 1 aliphatic rings. The fraction of sp³-hybridized carbons (Fsp3) is 0.0492. The van der Waals surface area contributed by atoms with Gasteiger partial charge in [-0.25, -0.2) is 0 Å². The molecule has 0 spiro atoms. The van der Waals surface area contributed by atoms with Gasteiger partial charge in [0.1, 0.15) is 22.3 Å². The largest absolute Gasteiger partial charge is 0.455 e. The molecule has 2 nitrogen and oxygen atoms in total. The minimum atomic E-state index is -0.234. The van der Waals surface area contributed by atoms with Crippen molar-refractivity contribution in [3.8, 4) is 33.4 Å². The smallest absolute Gasteiger partial charge is 0.147 e. The molecule has 0 saturated heterocycles. The predicted octanol–water partition coefficient (Wildman–Crippen LogP) is 17.3. The first-order chi connectivity index (χ1) is 30.9. The second kappa shape index (κ2) is 14.1. The van der Waals surface area contributed by atoms with Crippen molar-refractivity contribution < 1.29 is 8.83 Å². The van der Waals surface area contributed by atoms with Gasteiger partial charge in [0.25, 0.3) is 0 Å². The Morgan fingerprint density at radius 1 is 0.444 bits per heavy atom. The highest BCUT2D eigenvalue weighted by molar-refractivity contribution is 6.25. The van der Waals surface area contributed by atoms with Gasteiger partial charge in [0.2, 0.25) is 0 Å². The Hall–Kier alpha value is -7.94. The topological polar surface area (TPSA) is 26.3 Å². The van der Waals surface area contributed by atoms with E-state index in [2.05, 4.69) is 197 Å². The summed E-state index contributed by atoms with van der Waals surface area (Å²) in [6.45, 7) is 13.5. The maximum atomic E-state index is 6.69. The number of para-hydroxylation sites is 1. The van der Waals surface area contributed by atoms with E-state index in [4.69, 9.17) is 8.83 Å². The average Bonchev–Trinajstić information content (AvgIpc) is 3.97. The molecule has 2 heterocycles. The van der Waals surface area contributed by atoms with E-state index in [1.165, 1.54) is 33.4 Å². The lowest BCUT2D eigenvalue weighted by Gasteiger charge is -2.23. The number of fused-ring (bicyclic) bond motifs is 13. The minimum absolute atomic E-state index is 0.234. The molecule has 0 fully saturated rings. The summed E-state index contributed by atoms with van der Waals surface area (Å²) < 4.78 is 13.2. The Balaban J connectivity index is 0.959. The summed E-state index contributed by atoms with van der Waals surface area (Å²) in [6, 6.07) is 67.5. The van der Waals surface area contributed by atoms with Crippen LogP contribution in [0.3, 0.4) is 0 Å². The lowest BCUT2D eigenvalue weighted by molar-refractivity contribution is 0.660. The van der Waals surface area contributed by atoms with Gasteiger partial charge in [-0.2, -0.15) is 0 Å². The lowest BCUT2D eigenvalue weighted by Crippen LogP contribution is -2.15. The predicted molar refractivity (Wildman–Crippen MR) is 267 cm³/mol. The monoisotopic (exact) mass is 806 g/mol. The van der Waals surface area contributed by atoms with Gasteiger partial charge in [0, 0.05) is 27.0 Å². The van der Waals surface area contributed by atoms with Crippen molar-refractivity contribution in [2.75, 3.05) is 0 Å². The van der Waals surface area contributed by atoms with Crippen LogP contribution in [0.2, 0.25) is 0 Å². The molecule has 11 aromatic rings. The zero-order valence-electron chi connectivity index (χ0n) is 35.2. The molecule has 0 radical (unpaired) electrons. The van der Waals surface area contributed by atoms with Gasteiger partial charge >= 0.3 is 0 Å². The van der Waals surface area contributed by atoms with Crippen molar-refractivity contribution >= 4 is 77.1 Å². The fourth-order valence-electron chi connectivity index (χ4n) is 10.3. The van der Waals surface area contributed by atoms with Crippen molar-refractivity contribution in [1.82, 2.24) is 0 Å². The van der Waals surface area contributed by atoms with Crippen LogP contribution in [0.5, 0.6) is 0 Å². The fourth-order valence-corrected chi connectivity index (χ4v) is 10.3. The van der Waals surface area contributed by atoms with Crippen LogP contribution in [0.1, 0.15) is 41.7 Å². The maximum Gasteiger partial charge on any atom is 0.147 e. The molecule has 0 bridgehead atoms. The third kappa shape index (κ3) is 5.65. The molecule has 63 heavy (non-hydrogen) atoms. The third-order valence-corrected chi connectivity index (χ3v) is 13.5. The van der Waals surface area contributed by atoms with Crippen LogP contribution in [0.25, 0.3) is 110 Å². The standard InChI is InChI=1S/C61H42O2/c1-5-38-16-10-11-17-43(38)37(2)44-18-8-6-7-9-19-45(47-21-13-12-20-46(44)47)42-27-30-49-48-29-26-41(35-54(48)61(3,4)55(49)36-42)40-28-33-57-53(34-40)52-32-25-39-24-31-51-50-22-14-15-23-56(50)62-59(51)58(39)60(52)63-57/h5-36H,1-2H2,3-4H3. The summed E-state index contributed by atoms with van der Waals surface area (Å²) in [5.41, 5.74) is 17.4. The van der Waals surface area contributed by atoms with E-state index in [0.717, 1.165) is 98.8 Å². The highest BCUT2D eigenvalue weighted by Gasteiger charge is 2.36. The number of benzene rings is 8. The second-order valence-electron chi connectivity index (χ2n) is 17.3. The normalized spacial score (nSPS) is 12.9. The van der Waals surface area contributed by atoms with E-state index < -0.39 is 0 Å². The van der Waals surface area contributed by atoms with E-state index in [1.807, 2.05) is 24.3 Å². The molecule has 12 rings (SSSR count). The van der Waals surface area contributed by atoms with Crippen LogP contribution in [0, 0.1) is 0 Å².